The van der Waals surface area contributed by atoms with Crippen molar-refractivity contribution >= 4 is 5.69 Å². The second-order valence-electron chi connectivity index (χ2n) is 7.39. The van der Waals surface area contributed by atoms with Gasteiger partial charge in [0, 0.05) is 43.7 Å². The van der Waals surface area contributed by atoms with Gasteiger partial charge in [-0.05, 0) is 41.8 Å². The average molecular weight is 407 g/mol. The molecule has 30 heavy (non-hydrogen) atoms. The predicted molar refractivity (Wildman–Crippen MR) is 114 cm³/mol. The summed E-state index contributed by atoms with van der Waals surface area (Å²) in [6.45, 7) is 2.57. The topological polar surface area (TPSA) is 69.8 Å². The van der Waals surface area contributed by atoms with Crippen LogP contribution in [0.25, 0.3) is 0 Å². The van der Waals surface area contributed by atoms with Gasteiger partial charge in [-0.3, -0.25) is 15.0 Å². The fourth-order valence-corrected chi connectivity index (χ4v) is 4.17. The molecule has 0 bridgehead atoms. The highest BCUT2D eigenvalue weighted by Crippen LogP contribution is 2.37. The Bertz CT molecular complexity index is 1030. The van der Waals surface area contributed by atoms with Crippen LogP contribution in [0.2, 0.25) is 0 Å². The Morgan fingerprint density at radius 3 is 2.50 bits per heavy atom. The van der Waals surface area contributed by atoms with Gasteiger partial charge < -0.3 is 14.0 Å². The molecule has 1 aromatic heterocycles. The van der Waals surface area contributed by atoms with Crippen molar-refractivity contribution in [1.82, 2.24) is 9.47 Å². The molecule has 3 aromatic rings. The number of methoxy groups -OCH3 is 2. The van der Waals surface area contributed by atoms with Crippen molar-refractivity contribution < 1.29 is 14.4 Å². The van der Waals surface area contributed by atoms with Crippen LogP contribution in [-0.4, -0.2) is 35.2 Å². The van der Waals surface area contributed by atoms with Crippen LogP contribution in [0.5, 0.6) is 11.5 Å². The highest BCUT2D eigenvalue weighted by atomic mass is 16.6. The summed E-state index contributed by atoms with van der Waals surface area (Å²) in [6, 6.07) is 17.2. The second kappa shape index (κ2) is 8.59. The standard InChI is InChI=1S/C23H25N3O4/c1-29-21-11-8-18(15-22(21)30-2)23-20-5-3-12-24(20)13-4-14-25(23)16-17-6-9-19(10-7-17)26(27)28/h3,5-12,15,23H,4,13-14,16H2,1-2H3/t23-/m0/s1. The van der Waals surface area contributed by atoms with Crippen LogP contribution in [0.15, 0.2) is 60.8 Å². The second-order valence-corrected chi connectivity index (χ2v) is 7.39. The summed E-state index contributed by atoms with van der Waals surface area (Å²) in [5.41, 5.74) is 3.50. The number of benzene rings is 2. The molecule has 7 heteroatoms. The van der Waals surface area contributed by atoms with Gasteiger partial charge in [-0.15, -0.1) is 0 Å². The highest BCUT2D eigenvalue weighted by Gasteiger charge is 2.28. The number of ether oxygens (including phenoxy) is 2. The van der Waals surface area contributed by atoms with Crippen LogP contribution in [-0.2, 0) is 13.1 Å². The minimum absolute atomic E-state index is 0.0394. The summed E-state index contributed by atoms with van der Waals surface area (Å²) in [4.78, 5) is 13.0. The lowest BCUT2D eigenvalue weighted by molar-refractivity contribution is -0.384. The number of nitro benzene ring substituents is 1. The molecular weight excluding hydrogens is 382 g/mol. The molecule has 1 atom stereocenters. The van der Waals surface area contributed by atoms with E-state index < -0.39 is 0 Å². The molecule has 1 aliphatic heterocycles. The first-order valence-corrected chi connectivity index (χ1v) is 9.95. The third-order valence-electron chi connectivity index (χ3n) is 5.61. The first kappa shape index (κ1) is 20.0. The van der Waals surface area contributed by atoms with Gasteiger partial charge >= 0.3 is 0 Å². The lowest BCUT2D eigenvalue weighted by Gasteiger charge is -2.31. The lowest BCUT2D eigenvalue weighted by atomic mass is 10.00. The van der Waals surface area contributed by atoms with E-state index in [1.54, 1.807) is 26.4 Å². The number of nitro groups is 1. The molecule has 156 valence electrons. The Morgan fingerprint density at radius 2 is 1.80 bits per heavy atom. The van der Waals surface area contributed by atoms with Crippen molar-refractivity contribution in [1.29, 1.82) is 0 Å². The van der Waals surface area contributed by atoms with E-state index in [1.807, 2.05) is 24.3 Å². The van der Waals surface area contributed by atoms with Crippen molar-refractivity contribution in [2.75, 3.05) is 20.8 Å². The molecule has 7 nitrogen and oxygen atoms in total. The number of hydrogen-bond donors (Lipinski definition) is 0. The molecule has 0 saturated heterocycles. The maximum Gasteiger partial charge on any atom is 0.269 e. The maximum absolute atomic E-state index is 11.0. The zero-order valence-corrected chi connectivity index (χ0v) is 17.2. The molecule has 4 rings (SSSR count). The third-order valence-corrected chi connectivity index (χ3v) is 5.61. The molecule has 0 aliphatic carbocycles. The monoisotopic (exact) mass is 407 g/mol. The van der Waals surface area contributed by atoms with Crippen molar-refractivity contribution in [3.8, 4) is 11.5 Å². The first-order valence-electron chi connectivity index (χ1n) is 9.95. The van der Waals surface area contributed by atoms with E-state index in [9.17, 15) is 10.1 Å². The maximum atomic E-state index is 11.0. The zero-order chi connectivity index (χ0) is 21.1. The molecule has 0 unspecified atom stereocenters. The van der Waals surface area contributed by atoms with Crippen LogP contribution in [0, 0.1) is 10.1 Å². The first-order chi connectivity index (χ1) is 14.6. The van der Waals surface area contributed by atoms with Gasteiger partial charge in [0.15, 0.2) is 11.5 Å². The van der Waals surface area contributed by atoms with Crippen molar-refractivity contribution in [2.24, 2.45) is 0 Å². The van der Waals surface area contributed by atoms with Crippen LogP contribution in [0.1, 0.15) is 29.3 Å². The van der Waals surface area contributed by atoms with Gasteiger partial charge in [0.1, 0.15) is 0 Å². The molecule has 0 amide bonds. The summed E-state index contributed by atoms with van der Waals surface area (Å²) in [5, 5.41) is 11.0. The quantitative estimate of drug-likeness (QED) is 0.447. The Kier molecular flexibility index (Phi) is 5.72. The molecule has 0 spiro atoms. The third kappa shape index (κ3) is 3.89. The number of non-ortho nitro benzene ring substituents is 1. The van der Waals surface area contributed by atoms with Crippen molar-refractivity contribution in [3.05, 3.63) is 87.7 Å². The minimum atomic E-state index is -0.366. The summed E-state index contributed by atoms with van der Waals surface area (Å²) < 4.78 is 13.3. The Labute approximate surface area is 175 Å². The normalized spacial score (nSPS) is 16.5. The summed E-state index contributed by atoms with van der Waals surface area (Å²) >= 11 is 0. The van der Waals surface area contributed by atoms with E-state index in [1.165, 1.54) is 5.69 Å². The van der Waals surface area contributed by atoms with E-state index in [4.69, 9.17) is 9.47 Å². The largest absolute Gasteiger partial charge is 0.493 e. The number of rotatable bonds is 6. The summed E-state index contributed by atoms with van der Waals surface area (Å²) in [7, 11) is 3.28. The van der Waals surface area contributed by atoms with Crippen LogP contribution < -0.4 is 9.47 Å². The Morgan fingerprint density at radius 1 is 1.03 bits per heavy atom. The van der Waals surface area contributed by atoms with E-state index in [-0.39, 0.29) is 16.7 Å². The minimum Gasteiger partial charge on any atom is -0.493 e. The van der Waals surface area contributed by atoms with Gasteiger partial charge in [0.2, 0.25) is 0 Å². The highest BCUT2D eigenvalue weighted by molar-refractivity contribution is 5.45. The van der Waals surface area contributed by atoms with Gasteiger partial charge in [0.25, 0.3) is 5.69 Å². The van der Waals surface area contributed by atoms with E-state index in [2.05, 4.69) is 33.9 Å². The SMILES string of the molecule is COc1ccc([C@H]2c3cccn3CCCN2Cc2ccc([N+](=O)[O-])cc2)cc1OC. The van der Waals surface area contributed by atoms with Crippen LogP contribution in [0.3, 0.4) is 0 Å². The molecule has 2 aromatic carbocycles. The molecule has 0 N–H and O–H groups in total. The molecule has 0 fully saturated rings. The fourth-order valence-electron chi connectivity index (χ4n) is 4.17. The molecule has 1 aliphatic rings. The summed E-state index contributed by atoms with van der Waals surface area (Å²) in [5.74, 6) is 1.40. The number of aryl methyl sites for hydroxylation is 1. The molecule has 2 heterocycles. The lowest BCUT2D eigenvalue weighted by Crippen LogP contribution is -2.29. The van der Waals surface area contributed by atoms with Crippen LogP contribution >= 0.6 is 0 Å². The molecule has 0 saturated carbocycles. The van der Waals surface area contributed by atoms with Gasteiger partial charge in [-0.1, -0.05) is 18.2 Å². The average Bonchev–Trinajstić information content (AvgIpc) is 3.15. The van der Waals surface area contributed by atoms with Gasteiger partial charge in [0.05, 0.1) is 25.2 Å². The van der Waals surface area contributed by atoms with E-state index in [0.29, 0.717) is 18.0 Å². The Hall–Kier alpha value is -3.32. The van der Waals surface area contributed by atoms with Crippen LogP contribution in [0.4, 0.5) is 5.69 Å². The molecular formula is C23H25N3O4. The number of fused-ring (bicyclic) bond motifs is 1. The van der Waals surface area contributed by atoms with Crippen molar-refractivity contribution in [2.45, 2.75) is 25.6 Å². The van der Waals surface area contributed by atoms with Crippen molar-refractivity contribution in [3.63, 3.8) is 0 Å². The number of hydrogen-bond acceptors (Lipinski definition) is 5. The predicted octanol–water partition coefficient (Wildman–Crippen LogP) is 4.41. The smallest absolute Gasteiger partial charge is 0.269 e. The molecule has 0 radical (unpaired) electrons. The Balaban J connectivity index is 1.72. The number of aromatic nitrogens is 1. The van der Waals surface area contributed by atoms with Gasteiger partial charge in [-0.25, -0.2) is 0 Å². The zero-order valence-electron chi connectivity index (χ0n) is 17.2. The number of nitrogens with zero attached hydrogens (tertiary/aromatic N) is 3. The fraction of sp³-hybridized carbons (Fsp3) is 0.304. The van der Waals surface area contributed by atoms with E-state index >= 15 is 0 Å². The summed E-state index contributed by atoms with van der Waals surface area (Å²) in [6.07, 6.45) is 3.15. The van der Waals surface area contributed by atoms with Gasteiger partial charge in [-0.2, -0.15) is 0 Å². The van der Waals surface area contributed by atoms with E-state index in [0.717, 1.165) is 30.6 Å².